The van der Waals surface area contributed by atoms with E-state index in [1.54, 1.807) is 6.08 Å². The quantitative estimate of drug-likeness (QED) is 0.576. The Morgan fingerprint density at radius 1 is 1.32 bits per heavy atom. The Balaban J connectivity index is 2.48. The van der Waals surface area contributed by atoms with Gasteiger partial charge in [-0.2, -0.15) is 0 Å². The third kappa shape index (κ3) is 4.42. The van der Waals surface area contributed by atoms with Crippen LogP contribution >= 0.6 is 0 Å². The molecular weight excluding hydrogens is 358 g/mol. The first kappa shape index (κ1) is 21.2. The summed E-state index contributed by atoms with van der Waals surface area (Å²) in [6.45, 7) is 10.2. The number of allylic oxidation sites excluding steroid dienone is 1. The molecule has 0 aliphatic rings. The van der Waals surface area contributed by atoms with E-state index in [0.29, 0.717) is 18.2 Å². The number of nitrogens with zero attached hydrogens (tertiary/aromatic N) is 1. The molecule has 7 heteroatoms. The molecular formula is C21H27N3O4. The fourth-order valence-corrected chi connectivity index (χ4v) is 3.28. The maximum atomic E-state index is 13.0. The van der Waals surface area contributed by atoms with Crippen molar-refractivity contribution in [2.24, 2.45) is 5.73 Å². The van der Waals surface area contributed by atoms with Crippen molar-refractivity contribution in [3.8, 4) is 0 Å². The number of aryl methyl sites for hydroxylation is 1. The average molecular weight is 385 g/mol. The molecule has 0 aliphatic heterocycles. The lowest BCUT2D eigenvalue weighted by atomic mass is 10.0. The van der Waals surface area contributed by atoms with E-state index in [9.17, 15) is 19.5 Å². The van der Waals surface area contributed by atoms with E-state index in [4.69, 9.17) is 5.73 Å². The molecule has 28 heavy (non-hydrogen) atoms. The molecule has 150 valence electrons. The van der Waals surface area contributed by atoms with E-state index in [-0.39, 0.29) is 12.8 Å². The van der Waals surface area contributed by atoms with Crippen LogP contribution in [-0.4, -0.2) is 33.5 Å². The van der Waals surface area contributed by atoms with E-state index in [0.717, 1.165) is 22.0 Å². The lowest BCUT2D eigenvalue weighted by molar-refractivity contribution is -0.139. The minimum absolute atomic E-state index is 0.0609. The van der Waals surface area contributed by atoms with Gasteiger partial charge in [0.05, 0.1) is 0 Å². The van der Waals surface area contributed by atoms with Crippen LogP contribution < -0.4 is 11.1 Å². The van der Waals surface area contributed by atoms with Crippen molar-refractivity contribution in [3.63, 3.8) is 0 Å². The van der Waals surface area contributed by atoms with Crippen molar-refractivity contribution in [2.75, 3.05) is 0 Å². The molecule has 1 atom stereocenters. The number of carboxylic acid groups (broad SMARTS) is 1. The molecule has 2 rings (SSSR count). The van der Waals surface area contributed by atoms with Gasteiger partial charge in [-0.05, 0) is 42.5 Å². The van der Waals surface area contributed by atoms with Crippen LogP contribution in [0.5, 0.6) is 0 Å². The SMILES string of the molecule is C=CCn1c(C(=O)NC(CCC(N)=O)C(=O)O)c(C)c2cc(C(C)C)ccc21. The summed E-state index contributed by atoms with van der Waals surface area (Å²) in [7, 11) is 0. The molecule has 0 bridgehead atoms. The number of benzene rings is 1. The van der Waals surface area contributed by atoms with Gasteiger partial charge in [-0.15, -0.1) is 6.58 Å². The maximum absolute atomic E-state index is 13.0. The fourth-order valence-electron chi connectivity index (χ4n) is 3.28. The Kier molecular flexibility index (Phi) is 6.62. The number of nitrogens with one attached hydrogen (secondary N) is 1. The average Bonchev–Trinajstić information content (AvgIpc) is 2.90. The third-order valence-corrected chi connectivity index (χ3v) is 4.82. The number of hydrogen-bond donors (Lipinski definition) is 3. The number of fused-ring (bicyclic) bond motifs is 1. The minimum atomic E-state index is -1.21. The zero-order chi connectivity index (χ0) is 21.0. The van der Waals surface area contributed by atoms with E-state index < -0.39 is 23.8 Å². The first-order valence-electron chi connectivity index (χ1n) is 9.23. The van der Waals surface area contributed by atoms with E-state index >= 15 is 0 Å². The summed E-state index contributed by atoms with van der Waals surface area (Å²) in [5.41, 5.74) is 8.31. The molecule has 1 aromatic heterocycles. The van der Waals surface area contributed by atoms with Gasteiger partial charge in [0.1, 0.15) is 11.7 Å². The lowest BCUT2D eigenvalue weighted by Crippen LogP contribution is -2.42. The van der Waals surface area contributed by atoms with Crippen molar-refractivity contribution in [1.29, 1.82) is 0 Å². The van der Waals surface area contributed by atoms with Crippen LogP contribution in [0.4, 0.5) is 0 Å². The molecule has 2 amide bonds. The second-order valence-electron chi connectivity index (χ2n) is 7.17. The molecule has 0 fully saturated rings. The first-order valence-corrected chi connectivity index (χ1v) is 9.23. The Morgan fingerprint density at radius 2 is 2.00 bits per heavy atom. The zero-order valence-electron chi connectivity index (χ0n) is 16.5. The summed E-state index contributed by atoms with van der Waals surface area (Å²) in [5.74, 6) is -1.98. The molecule has 4 N–H and O–H groups in total. The Hall–Kier alpha value is -3.09. The molecule has 1 heterocycles. The number of aliphatic carboxylic acids is 1. The Morgan fingerprint density at radius 3 is 2.54 bits per heavy atom. The summed E-state index contributed by atoms with van der Waals surface area (Å²) in [4.78, 5) is 35.4. The maximum Gasteiger partial charge on any atom is 0.326 e. The second-order valence-corrected chi connectivity index (χ2v) is 7.17. The number of rotatable bonds is 9. The predicted octanol–water partition coefficient (Wildman–Crippen LogP) is 2.71. The van der Waals surface area contributed by atoms with Gasteiger partial charge in [0, 0.05) is 23.9 Å². The highest BCUT2D eigenvalue weighted by molar-refractivity contribution is 6.03. The molecule has 7 nitrogen and oxygen atoms in total. The topological polar surface area (TPSA) is 114 Å². The zero-order valence-corrected chi connectivity index (χ0v) is 16.5. The number of nitrogens with two attached hydrogens (primary N) is 1. The van der Waals surface area contributed by atoms with Crippen LogP contribution in [0, 0.1) is 6.92 Å². The number of aromatic nitrogens is 1. The first-order chi connectivity index (χ1) is 13.2. The van der Waals surface area contributed by atoms with Gasteiger partial charge in [-0.25, -0.2) is 4.79 Å². The molecule has 0 spiro atoms. The fraction of sp³-hybridized carbons (Fsp3) is 0.381. The monoisotopic (exact) mass is 385 g/mol. The molecule has 0 saturated carbocycles. The van der Waals surface area contributed by atoms with Crippen LogP contribution in [0.1, 0.15) is 54.2 Å². The van der Waals surface area contributed by atoms with Crippen molar-refractivity contribution < 1.29 is 19.5 Å². The van der Waals surface area contributed by atoms with Gasteiger partial charge in [0.25, 0.3) is 5.91 Å². The molecule has 2 aromatic rings. The summed E-state index contributed by atoms with van der Waals surface area (Å²) >= 11 is 0. The van der Waals surface area contributed by atoms with Crippen molar-refractivity contribution in [1.82, 2.24) is 9.88 Å². The van der Waals surface area contributed by atoms with Crippen LogP contribution in [0.3, 0.4) is 0 Å². The van der Waals surface area contributed by atoms with Crippen molar-refractivity contribution in [3.05, 3.63) is 47.7 Å². The Bertz CT molecular complexity index is 927. The van der Waals surface area contributed by atoms with Gasteiger partial charge in [-0.3, -0.25) is 9.59 Å². The molecule has 0 aliphatic carbocycles. The summed E-state index contributed by atoms with van der Waals surface area (Å²) in [5, 5.41) is 12.8. The molecule has 1 unspecified atom stereocenters. The van der Waals surface area contributed by atoms with Gasteiger partial charge >= 0.3 is 5.97 Å². The molecule has 1 aromatic carbocycles. The van der Waals surface area contributed by atoms with Gasteiger partial charge < -0.3 is 20.7 Å². The van der Waals surface area contributed by atoms with Gasteiger partial charge in [0.2, 0.25) is 5.91 Å². The van der Waals surface area contributed by atoms with Crippen LogP contribution in [0.25, 0.3) is 10.9 Å². The van der Waals surface area contributed by atoms with Crippen molar-refractivity contribution >= 4 is 28.7 Å². The number of carbonyl (C=O) groups excluding carboxylic acids is 2. The highest BCUT2D eigenvalue weighted by Gasteiger charge is 2.26. The summed E-state index contributed by atoms with van der Waals surface area (Å²) in [6, 6.07) is 4.87. The standard InChI is InChI=1S/C21H27N3O4/c1-5-10-24-17-8-6-14(12(2)3)11-15(17)13(4)19(24)20(26)23-16(21(27)28)7-9-18(22)25/h5-6,8,11-12,16H,1,7,9-10H2,2-4H3,(H2,22,25)(H,23,26)(H,27,28). The Labute approximate surface area is 164 Å². The number of carbonyl (C=O) groups is 3. The van der Waals surface area contributed by atoms with Gasteiger partial charge in [0.15, 0.2) is 0 Å². The second kappa shape index (κ2) is 8.73. The summed E-state index contributed by atoms with van der Waals surface area (Å²) < 4.78 is 1.82. The number of primary amides is 1. The van der Waals surface area contributed by atoms with Gasteiger partial charge in [-0.1, -0.05) is 26.0 Å². The van der Waals surface area contributed by atoms with E-state index in [2.05, 4.69) is 31.8 Å². The predicted molar refractivity (Wildman–Crippen MR) is 108 cm³/mol. The minimum Gasteiger partial charge on any atom is -0.480 e. The highest BCUT2D eigenvalue weighted by atomic mass is 16.4. The van der Waals surface area contributed by atoms with E-state index in [1.807, 2.05) is 23.6 Å². The molecule has 0 saturated heterocycles. The number of amides is 2. The van der Waals surface area contributed by atoms with Crippen molar-refractivity contribution in [2.45, 2.75) is 52.1 Å². The summed E-state index contributed by atoms with van der Waals surface area (Å²) in [6.07, 6.45) is 1.51. The van der Waals surface area contributed by atoms with Crippen LogP contribution in [-0.2, 0) is 16.1 Å². The largest absolute Gasteiger partial charge is 0.480 e. The molecule has 0 radical (unpaired) electrons. The lowest BCUT2D eigenvalue weighted by Gasteiger charge is -2.15. The number of hydrogen-bond acceptors (Lipinski definition) is 3. The van der Waals surface area contributed by atoms with Crippen LogP contribution in [0.2, 0.25) is 0 Å². The van der Waals surface area contributed by atoms with E-state index in [1.165, 1.54) is 0 Å². The number of carboxylic acids is 1. The third-order valence-electron chi connectivity index (χ3n) is 4.82. The smallest absolute Gasteiger partial charge is 0.326 e. The normalized spacial score (nSPS) is 12.1. The highest BCUT2D eigenvalue weighted by Crippen LogP contribution is 2.29. The van der Waals surface area contributed by atoms with Crippen LogP contribution in [0.15, 0.2) is 30.9 Å².